The molecule has 0 bridgehead atoms. The van der Waals surface area contributed by atoms with Gasteiger partial charge in [0.15, 0.2) is 6.10 Å². The van der Waals surface area contributed by atoms with Crippen molar-refractivity contribution in [1.29, 1.82) is 0 Å². The van der Waals surface area contributed by atoms with Crippen LogP contribution < -0.4 is 0 Å². The lowest BCUT2D eigenvalue weighted by Crippen LogP contribution is -2.30. The van der Waals surface area contributed by atoms with Crippen LogP contribution in [-0.4, -0.2) is 37.2 Å². The van der Waals surface area contributed by atoms with Gasteiger partial charge in [0, 0.05) is 19.3 Å². The minimum Gasteiger partial charge on any atom is -0.462 e. The molecule has 0 radical (unpaired) electrons. The Labute approximate surface area is 509 Å². The Hall–Kier alpha value is -3.41. The average Bonchev–Trinajstić information content (AvgIpc) is 3.47. The molecule has 6 nitrogen and oxygen atoms in total. The summed E-state index contributed by atoms with van der Waals surface area (Å²) in [4.78, 5) is 38.5. The third kappa shape index (κ3) is 67.4. The molecule has 6 heteroatoms. The molecule has 0 aromatic carbocycles. The number of unbranched alkanes of at least 4 members (excludes halogenated alkanes) is 40. The van der Waals surface area contributed by atoms with Gasteiger partial charge in [-0.3, -0.25) is 14.4 Å². The van der Waals surface area contributed by atoms with E-state index in [2.05, 4.69) is 106 Å². The van der Waals surface area contributed by atoms with Crippen molar-refractivity contribution in [1.82, 2.24) is 0 Å². The smallest absolute Gasteiger partial charge is 0.306 e. The monoisotopic (exact) mass is 1140 g/mol. The second-order valence-electron chi connectivity index (χ2n) is 23.8. The Morgan fingerprint density at radius 1 is 0.256 bits per heavy atom. The summed E-state index contributed by atoms with van der Waals surface area (Å²) < 4.78 is 17.0. The van der Waals surface area contributed by atoms with E-state index in [1.807, 2.05) is 0 Å². The molecule has 82 heavy (non-hydrogen) atoms. The van der Waals surface area contributed by atoms with Crippen molar-refractivity contribution in [3.05, 3.63) is 85.1 Å². The van der Waals surface area contributed by atoms with Gasteiger partial charge in [0.2, 0.25) is 0 Å². The van der Waals surface area contributed by atoms with Gasteiger partial charge in [-0.1, -0.05) is 331 Å². The summed E-state index contributed by atoms with van der Waals surface area (Å²) in [5, 5.41) is 0. The van der Waals surface area contributed by atoms with Crippen LogP contribution in [0.25, 0.3) is 0 Å². The van der Waals surface area contributed by atoms with E-state index in [-0.39, 0.29) is 31.1 Å². The lowest BCUT2D eigenvalue weighted by molar-refractivity contribution is -0.167. The second kappa shape index (κ2) is 70.1. The highest BCUT2D eigenvalue weighted by molar-refractivity contribution is 5.71. The Morgan fingerprint density at radius 3 is 0.756 bits per heavy atom. The molecule has 0 aliphatic rings. The highest BCUT2D eigenvalue weighted by Gasteiger charge is 2.19. The normalized spacial score (nSPS) is 12.6. The number of rotatable bonds is 65. The first-order chi connectivity index (χ1) is 40.5. The summed E-state index contributed by atoms with van der Waals surface area (Å²) in [6.45, 7) is 6.57. The third-order valence-corrected chi connectivity index (χ3v) is 15.6. The van der Waals surface area contributed by atoms with Crippen molar-refractivity contribution in [3.8, 4) is 0 Å². The molecule has 0 spiro atoms. The molecule has 0 aromatic heterocycles. The molecule has 0 saturated heterocycles. The first-order valence-electron chi connectivity index (χ1n) is 35.6. The summed E-state index contributed by atoms with van der Waals surface area (Å²) in [7, 11) is 0. The first kappa shape index (κ1) is 78.6. The zero-order valence-electron chi connectivity index (χ0n) is 54.5. The maximum atomic E-state index is 13.0. The predicted molar refractivity (Wildman–Crippen MR) is 358 cm³/mol. The van der Waals surface area contributed by atoms with Crippen LogP contribution in [0, 0.1) is 0 Å². The van der Waals surface area contributed by atoms with Gasteiger partial charge in [-0.05, 0) is 96.3 Å². The standard InChI is InChI=1S/C76H134O6/c1-4-7-10-13-16-19-22-25-28-31-33-35-36-37-38-39-40-42-43-45-48-51-54-57-60-63-66-69-75(78)81-72-73(71-80-74(77)68-65-62-59-56-53-50-47-30-27-24-21-18-15-12-9-6-3)82-76(79)70-67-64-61-58-55-52-49-46-44-41-34-32-29-26-23-20-17-14-11-8-5-2/h7,10,16,19,25,28,30,33,35,37-38,40,42,47,73H,4-6,8-9,11-15,17-18,20-24,26-27,29,31-32,34,36,39,41,43-46,48-72H2,1-3H3/b10-7-,19-16-,28-25-,35-33-,38-37-,42-40-,47-30-. The Bertz CT molecular complexity index is 1550. The summed E-state index contributed by atoms with van der Waals surface area (Å²) in [5.41, 5.74) is 0. The largest absolute Gasteiger partial charge is 0.462 e. The minimum absolute atomic E-state index is 0.0796. The van der Waals surface area contributed by atoms with E-state index >= 15 is 0 Å². The van der Waals surface area contributed by atoms with E-state index in [1.54, 1.807) is 0 Å². The minimum atomic E-state index is -0.784. The van der Waals surface area contributed by atoms with Crippen LogP contribution in [0.4, 0.5) is 0 Å². The summed E-state index contributed by atoms with van der Waals surface area (Å²) in [5.74, 6) is -0.874. The molecule has 0 aliphatic carbocycles. The molecular weight excluding hydrogens is 1010 g/mol. The number of carbonyl (C=O) groups is 3. The topological polar surface area (TPSA) is 78.9 Å². The van der Waals surface area contributed by atoms with Gasteiger partial charge < -0.3 is 14.2 Å². The quantitative estimate of drug-likeness (QED) is 0.0261. The van der Waals surface area contributed by atoms with E-state index in [0.717, 1.165) is 109 Å². The average molecular weight is 1140 g/mol. The maximum absolute atomic E-state index is 13.0. The van der Waals surface area contributed by atoms with Crippen LogP contribution in [0.5, 0.6) is 0 Å². The molecule has 0 aliphatic heterocycles. The molecule has 0 heterocycles. The fourth-order valence-electron chi connectivity index (χ4n) is 10.3. The molecule has 0 saturated carbocycles. The maximum Gasteiger partial charge on any atom is 0.306 e. The molecule has 0 N–H and O–H groups in total. The van der Waals surface area contributed by atoms with Gasteiger partial charge in [-0.15, -0.1) is 0 Å². The van der Waals surface area contributed by atoms with Crippen molar-refractivity contribution in [3.63, 3.8) is 0 Å². The van der Waals surface area contributed by atoms with Gasteiger partial charge >= 0.3 is 17.9 Å². The van der Waals surface area contributed by atoms with Crippen molar-refractivity contribution in [2.75, 3.05) is 13.2 Å². The molecule has 1 unspecified atom stereocenters. The van der Waals surface area contributed by atoms with Gasteiger partial charge in [-0.2, -0.15) is 0 Å². The highest BCUT2D eigenvalue weighted by Crippen LogP contribution is 2.18. The van der Waals surface area contributed by atoms with Crippen molar-refractivity contribution in [2.24, 2.45) is 0 Å². The summed E-state index contributed by atoms with van der Waals surface area (Å²) >= 11 is 0. The summed E-state index contributed by atoms with van der Waals surface area (Å²) in [6, 6.07) is 0. The van der Waals surface area contributed by atoms with Crippen molar-refractivity contribution >= 4 is 17.9 Å². The van der Waals surface area contributed by atoms with Gasteiger partial charge in [0.25, 0.3) is 0 Å². The third-order valence-electron chi connectivity index (χ3n) is 15.6. The van der Waals surface area contributed by atoms with E-state index in [1.165, 1.54) is 212 Å². The van der Waals surface area contributed by atoms with Crippen LogP contribution in [-0.2, 0) is 28.6 Å². The van der Waals surface area contributed by atoms with E-state index in [4.69, 9.17) is 14.2 Å². The van der Waals surface area contributed by atoms with Gasteiger partial charge in [0.05, 0.1) is 0 Å². The number of esters is 3. The lowest BCUT2D eigenvalue weighted by atomic mass is 10.0. The highest BCUT2D eigenvalue weighted by atomic mass is 16.6. The number of hydrogen-bond donors (Lipinski definition) is 0. The molecule has 1 atom stereocenters. The molecule has 0 rings (SSSR count). The van der Waals surface area contributed by atoms with Crippen LogP contribution in [0.1, 0.15) is 361 Å². The lowest BCUT2D eigenvalue weighted by Gasteiger charge is -2.18. The van der Waals surface area contributed by atoms with E-state index < -0.39 is 6.10 Å². The molecule has 0 amide bonds. The molecule has 0 fully saturated rings. The second-order valence-corrected chi connectivity index (χ2v) is 23.8. The SMILES string of the molecule is CC/C=C\C/C=C\C/C=C\C/C=C\C/C=C\C/C=C\CCCCCCCCCCC(=O)OCC(COC(=O)CCCCCCC/C=C\CCCCCCCCC)OC(=O)CCCCCCCCCCCCCCCCCCCCCCC. The van der Waals surface area contributed by atoms with Crippen LogP contribution >= 0.6 is 0 Å². The summed E-state index contributed by atoms with van der Waals surface area (Å²) in [6.07, 6.45) is 93.2. The number of ether oxygens (including phenoxy) is 3. The Balaban J connectivity index is 4.34. The predicted octanol–water partition coefficient (Wildman–Crippen LogP) is 24.6. The van der Waals surface area contributed by atoms with Crippen LogP contribution in [0.15, 0.2) is 85.1 Å². The zero-order valence-corrected chi connectivity index (χ0v) is 54.5. The van der Waals surface area contributed by atoms with Crippen LogP contribution in [0.2, 0.25) is 0 Å². The van der Waals surface area contributed by atoms with Gasteiger partial charge in [-0.25, -0.2) is 0 Å². The fourth-order valence-corrected chi connectivity index (χ4v) is 10.3. The Kier molecular flexibility index (Phi) is 67.2. The number of allylic oxidation sites excluding steroid dienone is 14. The van der Waals surface area contributed by atoms with Crippen LogP contribution in [0.3, 0.4) is 0 Å². The number of hydrogen-bond acceptors (Lipinski definition) is 6. The zero-order chi connectivity index (χ0) is 59.2. The fraction of sp³-hybridized carbons (Fsp3) is 0.776. The Morgan fingerprint density at radius 2 is 0.476 bits per heavy atom. The molecular formula is C76H134O6. The van der Waals surface area contributed by atoms with E-state index in [0.29, 0.717) is 19.3 Å². The van der Waals surface area contributed by atoms with Gasteiger partial charge in [0.1, 0.15) is 13.2 Å². The molecule has 0 aromatic rings. The van der Waals surface area contributed by atoms with Crippen molar-refractivity contribution < 1.29 is 28.6 Å². The first-order valence-corrected chi connectivity index (χ1v) is 35.6. The van der Waals surface area contributed by atoms with E-state index in [9.17, 15) is 14.4 Å². The van der Waals surface area contributed by atoms with Crippen molar-refractivity contribution in [2.45, 2.75) is 367 Å². The molecule has 474 valence electrons. The number of carbonyl (C=O) groups excluding carboxylic acids is 3.